The molecule has 0 aliphatic carbocycles. The summed E-state index contributed by atoms with van der Waals surface area (Å²) in [4.78, 5) is 26.4. The van der Waals surface area contributed by atoms with Gasteiger partial charge in [-0.3, -0.25) is 9.59 Å². The van der Waals surface area contributed by atoms with Gasteiger partial charge in [-0.15, -0.1) is 0 Å². The molecule has 1 aliphatic rings. The number of aryl methyl sites for hydroxylation is 1. The highest BCUT2D eigenvalue weighted by molar-refractivity contribution is 6.06. The van der Waals surface area contributed by atoms with Crippen LogP contribution in [0, 0.1) is 13.8 Å². The van der Waals surface area contributed by atoms with Crippen molar-refractivity contribution in [2.75, 3.05) is 16.8 Å². The Bertz CT molecular complexity index is 820. The number of amides is 2. The number of benzene rings is 1. The molecule has 2 amide bonds. The molecule has 0 saturated carbocycles. The fraction of sp³-hybridized carbons (Fsp3) is 0.400. The Morgan fingerprint density at radius 2 is 1.96 bits per heavy atom. The van der Waals surface area contributed by atoms with E-state index in [1.807, 2.05) is 44.2 Å². The Morgan fingerprint density at radius 3 is 2.56 bits per heavy atom. The average Bonchev–Trinajstić information content (AvgIpc) is 3.10. The Hall–Kier alpha value is -2.56. The van der Waals surface area contributed by atoms with E-state index in [4.69, 9.17) is 0 Å². The van der Waals surface area contributed by atoms with Gasteiger partial charge < -0.3 is 14.8 Å². The summed E-state index contributed by atoms with van der Waals surface area (Å²) in [5, 5.41) is 2.97. The summed E-state index contributed by atoms with van der Waals surface area (Å²) in [6.45, 7) is 8.95. The monoisotopic (exact) mass is 339 g/mol. The first kappa shape index (κ1) is 17.3. The summed E-state index contributed by atoms with van der Waals surface area (Å²) in [5.41, 5.74) is 4.28. The molecule has 1 aliphatic heterocycles. The molecule has 5 heteroatoms. The topological polar surface area (TPSA) is 54.3 Å². The molecule has 132 valence electrons. The lowest BCUT2D eigenvalue weighted by atomic mass is 10.2. The third-order valence-electron chi connectivity index (χ3n) is 4.73. The molecule has 1 N–H and O–H groups in total. The van der Waals surface area contributed by atoms with E-state index in [-0.39, 0.29) is 11.8 Å². The number of carbonyl (C=O) groups is 2. The van der Waals surface area contributed by atoms with Crippen molar-refractivity contribution in [2.24, 2.45) is 0 Å². The van der Waals surface area contributed by atoms with E-state index in [2.05, 4.69) is 23.7 Å². The summed E-state index contributed by atoms with van der Waals surface area (Å²) in [6, 6.07) is 9.73. The van der Waals surface area contributed by atoms with Gasteiger partial charge in [-0.05, 0) is 58.4 Å². The van der Waals surface area contributed by atoms with Crippen LogP contribution in [0.3, 0.4) is 0 Å². The predicted molar refractivity (Wildman–Crippen MR) is 100 cm³/mol. The molecule has 0 unspecified atom stereocenters. The quantitative estimate of drug-likeness (QED) is 0.913. The van der Waals surface area contributed by atoms with E-state index in [0.29, 0.717) is 23.7 Å². The number of nitrogens with one attached hydrogen (secondary N) is 1. The van der Waals surface area contributed by atoms with Crippen molar-refractivity contribution >= 4 is 23.2 Å². The zero-order valence-corrected chi connectivity index (χ0v) is 15.3. The van der Waals surface area contributed by atoms with Gasteiger partial charge in [-0.2, -0.15) is 0 Å². The summed E-state index contributed by atoms with van der Waals surface area (Å²) < 4.78 is 2.16. The van der Waals surface area contributed by atoms with Gasteiger partial charge in [0, 0.05) is 41.8 Å². The molecule has 0 bridgehead atoms. The molecular formula is C20H25N3O2. The van der Waals surface area contributed by atoms with Gasteiger partial charge in [0.05, 0.1) is 5.56 Å². The fourth-order valence-corrected chi connectivity index (χ4v) is 3.67. The lowest BCUT2D eigenvalue weighted by molar-refractivity contribution is -0.117. The minimum Gasteiger partial charge on any atom is -0.346 e. The third-order valence-corrected chi connectivity index (χ3v) is 4.73. The van der Waals surface area contributed by atoms with Gasteiger partial charge in [0.2, 0.25) is 5.91 Å². The number of anilines is 2. The highest BCUT2D eigenvalue weighted by atomic mass is 16.2. The molecule has 1 fully saturated rings. The Morgan fingerprint density at radius 1 is 1.20 bits per heavy atom. The SMILES string of the molecule is Cc1cc(C(=O)Nc2cccc(N3CCCC3=O)c2)c(C)n1C(C)C. The molecule has 5 nitrogen and oxygen atoms in total. The van der Waals surface area contributed by atoms with Gasteiger partial charge in [-0.1, -0.05) is 6.07 Å². The maximum atomic E-state index is 12.7. The van der Waals surface area contributed by atoms with E-state index < -0.39 is 0 Å². The van der Waals surface area contributed by atoms with Crippen molar-refractivity contribution in [3.05, 3.63) is 47.3 Å². The fourth-order valence-electron chi connectivity index (χ4n) is 3.67. The average molecular weight is 339 g/mol. The number of carbonyl (C=O) groups excluding carboxylic acids is 2. The van der Waals surface area contributed by atoms with E-state index in [1.165, 1.54) is 0 Å². The highest BCUT2D eigenvalue weighted by Gasteiger charge is 2.22. The van der Waals surface area contributed by atoms with Crippen molar-refractivity contribution in [3.63, 3.8) is 0 Å². The van der Waals surface area contributed by atoms with Crippen LogP contribution < -0.4 is 10.2 Å². The summed E-state index contributed by atoms with van der Waals surface area (Å²) in [7, 11) is 0. The lowest BCUT2D eigenvalue weighted by Crippen LogP contribution is -2.23. The van der Waals surface area contributed by atoms with Gasteiger partial charge in [-0.25, -0.2) is 0 Å². The summed E-state index contributed by atoms with van der Waals surface area (Å²) in [6.07, 6.45) is 1.48. The first-order chi connectivity index (χ1) is 11.9. The van der Waals surface area contributed by atoms with E-state index in [9.17, 15) is 9.59 Å². The normalized spacial score (nSPS) is 14.4. The van der Waals surface area contributed by atoms with Gasteiger partial charge in [0.1, 0.15) is 0 Å². The Kier molecular flexibility index (Phi) is 4.66. The summed E-state index contributed by atoms with van der Waals surface area (Å²) in [5.74, 6) is 0.0221. The number of hydrogen-bond donors (Lipinski definition) is 1. The molecule has 3 rings (SSSR count). The third kappa shape index (κ3) is 3.31. The van der Waals surface area contributed by atoms with Crippen LogP contribution in [0.5, 0.6) is 0 Å². The van der Waals surface area contributed by atoms with Crippen LogP contribution >= 0.6 is 0 Å². The number of rotatable bonds is 4. The zero-order valence-electron chi connectivity index (χ0n) is 15.3. The second-order valence-corrected chi connectivity index (χ2v) is 6.90. The molecular weight excluding hydrogens is 314 g/mol. The standard InChI is InChI=1S/C20H25N3O2/c1-13(2)23-14(3)11-18(15(23)4)20(25)21-16-7-5-8-17(12-16)22-10-6-9-19(22)24/h5,7-8,11-13H,6,9-10H2,1-4H3,(H,21,25). The van der Waals surface area contributed by atoms with Gasteiger partial charge >= 0.3 is 0 Å². The molecule has 1 aromatic heterocycles. The maximum Gasteiger partial charge on any atom is 0.257 e. The zero-order chi connectivity index (χ0) is 18.1. The van der Waals surface area contributed by atoms with Crippen LogP contribution in [-0.2, 0) is 4.79 Å². The van der Waals surface area contributed by atoms with Gasteiger partial charge in [0.25, 0.3) is 5.91 Å². The predicted octanol–water partition coefficient (Wildman–Crippen LogP) is 4.06. The Labute approximate surface area is 148 Å². The minimum atomic E-state index is -0.120. The number of hydrogen-bond acceptors (Lipinski definition) is 2. The molecule has 2 heterocycles. The molecule has 0 radical (unpaired) electrons. The lowest BCUT2D eigenvalue weighted by Gasteiger charge is -2.17. The van der Waals surface area contributed by atoms with Crippen LogP contribution in [0.2, 0.25) is 0 Å². The minimum absolute atomic E-state index is 0.120. The van der Waals surface area contributed by atoms with Crippen molar-refractivity contribution in [3.8, 4) is 0 Å². The largest absolute Gasteiger partial charge is 0.346 e. The highest BCUT2D eigenvalue weighted by Crippen LogP contribution is 2.25. The van der Waals surface area contributed by atoms with Crippen molar-refractivity contribution in [1.82, 2.24) is 4.57 Å². The Balaban J connectivity index is 1.82. The van der Waals surface area contributed by atoms with Crippen LogP contribution in [-0.4, -0.2) is 22.9 Å². The van der Waals surface area contributed by atoms with Crippen LogP contribution in [0.4, 0.5) is 11.4 Å². The number of nitrogens with zero attached hydrogens (tertiary/aromatic N) is 2. The molecule has 0 spiro atoms. The molecule has 25 heavy (non-hydrogen) atoms. The molecule has 0 atom stereocenters. The molecule has 1 saturated heterocycles. The van der Waals surface area contributed by atoms with Crippen LogP contribution in [0.1, 0.15) is 54.5 Å². The maximum absolute atomic E-state index is 12.7. The first-order valence-corrected chi connectivity index (χ1v) is 8.78. The van der Waals surface area contributed by atoms with Crippen molar-refractivity contribution in [2.45, 2.75) is 46.6 Å². The van der Waals surface area contributed by atoms with Crippen molar-refractivity contribution < 1.29 is 9.59 Å². The van der Waals surface area contributed by atoms with Crippen molar-refractivity contribution in [1.29, 1.82) is 0 Å². The molecule has 2 aromatic rings. The van der Waals surface area contributed by atoms with E-state index in [1.54, 1.807) is 4.90 Å². The second kappa shape index (κ2) is 6.75. The number of aromatic nitrogens is 1. The van der Waals surface area contributed by atoms with Gasteiger partial charge in [0.15, 0.2) is 0 Å². The van der Waals surface area contributed by atoms with Crippen LogP contribution in [0.15, 0.2) is 30.3 Å². The van der Waals surface area contributed by atoms with E-state index >= 15 is 0 Å². The summed E-state index contributed by atoms with van der Waals surface area (Å²) >= 11 is 0. The first-order valence-electron chi connectivity index (χ1n) is 8.78. The second-order valence-electron chi connectivity index (χ2n) is 6.90. The molecule has 1 aromatic carbocycles. The smallest absolute Gasteiger partial charge is 0.257 e. The van der Waals surface area contributed by atoms with E-state index in [0.717, 1.165) is 30.0 Å². The van der Waals surface area contributed by atoms with Crippen LogP contribution in [0.25, 0.3) is 0 Å².